The van der Waals surface area contributed by atoms with Crippen molar-refractivity contribution in [2.75, 3.05) is 5.32 Å². The van der Waals surface area contributed by atoms with Crippen LogP contribution < -0.4 is 5.32 Å². The first-order valence-electron chi connectivity index (χ1n) is 6.60. The molecule has 0 radical (unpaired) electrons. The number of nitrogens with one attached hydrogen (secondary N) is 1. The van der Waals surface area contributed by atoms with Gasteiger partial charge in [-0.25, -0.2) is 4.68 Å². The molecule has 0 saturated carbocycles. The summed E-state index contributed by atoms with van der Waals surface area (Å²) in [6, 6.07) is 8.10. The highest BCUT2D eigenvalue weighted by molar-refractivity contribution is 5.62. The van der Waals surface area contributed by atoms with Gasteiger partial charge in [0.1, 0.15) is 6.33 Å². The van der Waals surface area contributed by atoms with Crippen LogP contribution in [0.15, 0.2) is 49.6 Å². The number of aryl methyl sites for hydroxylation is 1. The van der Waals surface area contributed by atoms with E-state index < -0.39 is 0 Å². The lowest BCUT2D eigenvalue weighted by atomic mass is 10.2. The summed E-state index contributed by atoms with van der Waals surface area (Å²) in [6.45, 7) is 4.38. The van der Waals surface area contributed by atoms with Gasteiger partial charge in [-0.05, 0) is 12.1 Å². The van der Waals surface area contributed by atoms with Crippen LogP contribution in [-0.2, 0) is 13.6 Å². The molecule has 0 saturated heterocycles. The zero-order chi connectivity index (χ0) is 14.7. The second-order valence-corrected chi connectivity index (χ2v) is 4.71. The smallest absolute Gasteiger partial charge is 0.163 e. The number of aromatic nitrogens is 5. The minimum atomic E-state index is 0.704. The fourth-order valence-corrected chi connectivity index (χ4v) is 2.09. The zero-order valence-electron chi connectivity index (χ0n) is 11.8. The summed E-state index contributed by atoms with van der Waals surface area (Å²) in [5, 5.41) is 15.6. The predicted molar refractivity (Wildman–Crippen MR) is 82.4 cm³/mol. The molecule has 21 heavy (non-hydrogen) atoms. The van der Waals surface area contributed by atoms with E-state index in [9.17, 15) is 0 Å². The summed E-state index contributed by atoms with van der Waals surface area (Å²) < 4.78 is 3.58. The van der Waals surface area contributed by atoms with Crippen LogP contribution in [0.2, 0.25) is 0 Å². The van der Waals surface area contributed by atoms with E-state index in [0.29, 0.717) is 6.54 Å². The molecule has 3 rings (SSSR count). The molecule has 0 bridgehead atoms. The topological polar surface area (TPSA) is 60.6 Å². The van der Waals surface area contributed by atoms with Crippen molar-refractivity contribution in [1.82, 2.24) is 24.5 Å². The third kappa shape index (κ3) is 2.84. The highest BCUT2D eigenvalue weighted by Crippen LogP contribution is 2.20. The van der Waals surface area contributed by atoms with Crippen molar-refractivity contribution in [2.24, 2.45) is 7.05 Å². The van der Waals surface area contributed by atoms with Gasteiger partial charge in [0.25, 0.3) is 0 Å². The number of anilines is 1. The lowest BCUT2D eigenvalue weighted by molar-refractivity contribution is 0.920. The summed E-state index contributed by atoms with van der Waals surface area (Å²) in [5.74, 6) is 0.845. The summed E-state index contributed by atoms with van der Waals surface area (Å²) >= 11 is 0. The van der Waals surface area contributed by atoms with E-state index in [0.717, 1.165) is 22.6 Å². The maximum Gasteiger partial charge on any atom is 0.163 e. The van der Waals surface area contributed by atoms with E-state index in [1.807, 2.05) is 42.2 Å². The first kappa shape index (κ1) is 13.1. The van der Waals surface area contributed by atoms with Crippen LogP contribution in [0, 0.1) is 0 Å². The third-order valence-electron chi connectivity index (χ3n) is 3.17. The lowest BCUT2D eigenvalue weighted by Crippen LogP contribution is -1.99. The van der Waals surface area contributed by atoms with Gasteiger partial charge < -0.3 is 9.88 Å². The minimum Gasteiger partial charge on any atom is -0.381 e. The summed E-state index contributed by atoms with van der Waals surface area (Å²) in [7, 11) is 1.93. The predicted octanol–water partition coefficient (Wildman–Crippen LogP) is 2.39. The van der Waals surface area contributed by atoms with Crippen molar-refractivity contribution in [3.05, 3.63) is 55.1 Å². The molecule has 0 aliphatic carbocycles. The van der Waals surface area contributed by atoms with E-state index in [2.05, 4.69) is 33.3 Å². The molecule has 1 N–H and O–H groups in total. The minimum absolute atomic E-state index is 0.704. The number of benzene rings is 1. The van der Waals surface area contributed by atoms with Crippen molar-refractivity contribution >= 4 is 11.9 Å². The van der Waals surface area contributed by atoms with Gasteiger partial charge >= 0.3 is 0 Å². The van der Waals surface area contributed by atoms with Crippen LogP contribution in [0.5, 0.6) is 0 Å². The van der Waals surface area contributed by atoms with Gasteiger partial charge in [-0.1, -0.05) is 18.7 Å². The normalized spacial score (nSPS) is 10.5. The SMILES string of the molecule is C=Cn1cc(CNc2cccc(-c3nncn3C)c2)cn1. The Bertz CT molecular complexity index is 755. The van der Waals surface area contributed by atoms with Gasteiger partial charge in [0.15, 0.2) is 5.82 Å². The maximum atomic E-state index is 4.15. The van der Waals surface area contributed by atoms with Gasteiger partial charge in [0.05, 0.1) is 6.20 Å². The van der Waals surface area contributed by atoms with E-state index in [-0.39, 0.29) is 0 Å². The van der Waals surface area contributed by atoms with Crippen LogP contribution in [0.1, 0.15) is 5.56 Å². The largest absolute Gasteiger partial charge is 0.381 e. The van der Waals surface area contributed by atoms with Crippen LogP contribution in [0.3, 0.4) is 0 Å². The van der Waals surface area contributed by atoms with Gasteiger partial charge in [-0.2, -0.15) is 5.10 Å². The lowest BCUT2D eigenvalue weighted by Gasteiger charge is -2.07. The molecule has 0 spiro atoms. The number of hydrogen-bond acceptors (Lipinski definition) is 4. The number of hydrogen-bond donors (Lipinski definition) is 1. The van der Waals surface area contributed by atoms with Gasteiger partial charge in [0.2, 0.25) is 0 Å². The number of rotatable bonds is 5. The van der Waals surface area contributed by atoms with Crippen molar-refractivity contribution in [1.29, 1.82) is 0 Å². The maximum absolute atomic E-state index is 4.15. The first-order chi connectivity index (χ1) is 10.3. The summed E-state index contributed by atoms with van der Waals surface area (Å²) in [6.07, 6.45) is 7.12. The first-order valence-corrected chi connectivity index (χ1v) is 6.60. The van der Waals surface area contributed by atoms with Gasteiger partial charge in [-0.3, -0.25) is 0 Å². The van der Waals surface area contributed by atoms with Crippen molar-refractivity contribution < 1.29 is 0 Å². The Kier molecular flexibility index (Phi) is 3.51. The van der Waals surface area contributed by atoms with E-state index in [1.54, 1.807) is 17.2 Å². The highest BCUT2D eigenvalue weighted by Gasteiger charge is 2.05. The molecule has 0 fully saturated rings. The Labute approximate surface area is 122 Å². The average Bonchev–Trinajstić information content (AvgIpc) is 3.14. The highest BCUT2D eigenvalue weighted by atomic mass is 15.3. The van der Waals surface area contributed by atoms with E-state index in [4.69, 9.17) is 0 Å². The second kappa shape index (κ2) is 5.62. The van der Waals surface area contributed by atoms with E-state index >= 15 is 0 Å². The molecule has 6 nitrogen and oxygen atoms in total. The quantitative estimate of drug-likeness (QED) is 0.779. The fourth-order valence-electron chi connectivity index (χ4n) is 2.09. The third-order valence-corrected chi connectivity index (χ3v) is 3.17. The van der Waals surface area contributed by atoms with Gasteiger partial charge in [-0.15, -0.1) is 10.2 Å². The van der Waals surface area contributed by atoms with Crippen LogP contribution in [0.4, 0.5) is 5.69 Å². The van der Waals surface area contributed by atoms with Gasteiger partial charge in [0, 0.05) is 42.8 Å². The Balaban J connectivity index is 1.74. The number of nitrogens with zero attached hydrogens (tertiary/aromatic N) is 5. The Morgan fingerprint density at radius 1 is 1.38 bits per heavy atom. The summed E-state index contributed by atoms with van der Waals surface area (Å²) in [5.41, 5.74) is 3.16. The Hall–Kier alpha value is -2.89. The monoisotopic (exact) mass is 280 g/mol. The molecule has 106 valence electrons. The molecule has 0 amide bonds. The van der Waals surface area contributed by atoms with Crippen molar-refractivity contribution in [3.8, 4) is 11.4 Å². The molecule has 6 heteroatoms. The summed E-state index contributed by atoms with van der Waals surface area (Å²) in [4.78, 5) is 0. The zero-order valence-corrected chi connectivity index (χ0v) is 11.8. The molecule has 2 aromatic heterocycles. The standard InChI is InChI=1S/C15H16N6/c1-3-21-10-12(9-18-21)8-16-14-6-4-5-13(7-14)15-19-17-11-20(15)2/h3-7,9-11,16H,1,8H2,2H3. The molecule has 0 atom stereocenters. The molecular formula is C15H16N6. The second-order valence-electron chi connectivity index (χ2n) is 4.71. The Morgan fingerprint density at radius 2 is 2.29 bits per heavy atom. The van der Waals surface area contributed by atoms with E-state index in [1.165, 1.54) is 0 Å². The Morgan fingerprint density at radius 3 is 3.00 bits per heavy atom. The van der Waals surface area contributed by atoms with Crippen molar-refractivity contribution in [3.63, 3.8) is 0 Å². The van der Waals surface area contributed by atoms with Crippen LogP contribution in [0.25, 0.3) is 17.6 Å². The van der Waals surface area contributed by atoms with Crippen molar-refractivity contribution in [2.45, 2.75) is 6.54 Å². The molecule has 3 aromatic rings. The molecule has 2 heterocycles. The van der Waals surface area contributed by atoms with Crippen LogP contribution in [-0.4, -0.2) is 24.5 Å². The molecular weight excluding hydrogens is 264 g/mol. The molecule has 0 unspecified atom stereocenters. The molecule has 0 aliphatic heterocycles. The van der Waals surface area contributed by atoms with Crippen LogP contribution >= 0.6 is 0 Å². The fraction of sp³-hybridized carbons (Fsp3) is 0.133. The average molecular weight is 280 g/mol. The molecule has 0 aliphatic rings. The molecule has 1 aromatic carbocycles.